The molecule has 1 aliphatic heterocycles. The van der Waals surface area contributed by atoms with Crippen LogP contribution < -0.4 is 0 Å². The van der Waals surface area contributed by atoms with Crippen molar-refractivity contribution in [3.63, 3.8) is 0 Å². The predicted molar refractivity (Wildman–Crippen MR) is 116 cm³/mol. The maximum absolute atomic E-state index is 13.2. The highest BCUT2D eigenvalue weighted by Crippen LogP contribution is 2.35. The Hall–Kier alpha value is -3.39. The molecule has 30 heavy (non-hydrogen) atoms. The molecule has 0 aliphatic carbocycles. The summed E-state index contributed by atoms with van der Waals surface area (Å²) >= 11 is 1.25. The molecule has 4 rings (SSSR count). The first kappa shape index (κ1) is 19.9. The van der Waals surface area contributed by atoms with E-state index in [1.165, 1.54) is 23.9 Å². The second-order valence-corrected chi connectivity index (χ2v) is 7.66. The number of aromatic nitrogens is 1. The Bertz CT molecular complexity index is 1200. The largest absolute Gasteiger partial charge is 0.480 e. The molecule has 0 radical (unpaired) electrons. The summed E-state index contributed by atoms with van der Waals surface area (Å²) in [5.41, 5.74) is 2.11. The third-order valence-corrected chi connectivity index (χ3v) is 5.67. The smallest absolute Gasteiger partial charge is 0.323 e. The van der Waals surface area contributed by atoms with Crippen LogP contribution in [0.3, 0.4) is 0 Å². The number of amidine groups is 1. The number of benzene rings is 2. The van der Waals surface area contributed by atoms with Crippen LogP contribution in [0.25, 0.3) is 17.0 Å². The van der Waals surface area contributed by atoms with Crippen molar-refractivity contribution >= 4 is 51.5 Å². The number of thioether (sulfide) groups is 1. The van der Waals surface area contributed by atoms with Gasteiger partial charge in [0.1, 0.15) is 12.4 Å². The fourth-order valence-electron chi connectivity index (χ4n) is 3.30. The van der Waals surface area contributed by atoms with Gasteiger partial charge in [-0.3, -0.25) is 14.5 Å². The first-order valence-corrected chi connectivity index (χ1v) is 10.1. The van der Waals surface area contributed by atoms with E-state index >= 15 is 0 Å². The lowest BCUT2D eigenvalue weighted by Gasteiger charge is -2.11. The van der Waals surface area contributed by atoms with Crippen molar-refractivity contribution in [3.05, 3.63) is 71.0 Å². The van der Waals surface area contributed by atoms with Crippen LogP contribution in [-0.2, 0) is 16.1 Å². The van der Waals surface area contributed by atoms with E-state index in [4.69, 9.17) is 0 Å². The van der Waals surface area contributed by atoms with Gasteiger partial charge in [-0.25, -0.2) is 9.38 Å². The molecule has 1 aliphatic rings. The van der Waals surface area contributed by atoms with Crippen LogP contribution in [0.15, 0.2) is 64.6 Å². The van der Waals surface area contributed by atoms with Crippen molar-refractivity contribution in [3.8, 4) is 0 Å². The highest BCUT2D eigenvalue weighted by Gasteiger charge is 2.32. The predicted octanol–water partition coefficient (Wildman–Crippen LogP) is 4.49. The number of likely N-dealkylation sites (N-methyl/N-ethyl adjacent to an activating group) is 1. The van der Waals surface area contributed by atoms with Gasteiger partial charge in [-0.15, -0.1) is 0 Å². The standard InChI is InChI=1S/C22H18FN3O3S/c1-2-26-21(29)19(30-22(26)24-16-9-7-15(23)8-10-16)11-14-12-25(13-20(27)28)18-6-4-3-5-17(14)18/h3-12H,2,13H2,1H3,(H,27,28)/b19-11+,24-22?. The number of carboxylic acids is 1. The monoisotopic (exact) mass is 423 g/mol. The van der Waals surface area contributed by atoms with Gasteiger partial charge in [-0.05, 0) is 55.1 Å². The fourth-order valence-corrected chi connectivity index (χ4v) is 4.36. The Labute approximate surface area is 176 Å². The maximum Gasteiger partial charge on any atom is 0.323 e. The molecule has 1 aromatic heterocycles. The maximum atomic E-state index is 13.2. The number of carbonyl (C=O) groups is 2. The highest BCUT2D eigenvalue weighted by atomic mass is 32.2. The number of carbonyl (C=O) groups excluding carboxylic acids is 1. The lowest BCUT2D eigenvalue weighted by molar-refractivity contribution is -0.137. The van der Waals surface area contributed by atoms with Crippen molar-refractivity contribution in [2.45, 2.75) is 13.5 Å². The van der Waals surface area contributed by atoms with Crippen LogP contribution >= 0.6 is 11.8 Å². The van der Waals surface area contributed by atoms with Crippen molar-refractivity contribution in [2.24, 2.45) is 4.99 Å². The highest BCUT2D eigenvalue weighted by molar-refractivity contribution is 8.18. The average molecular weight is 423 g/mol. The Morgan fingerprint density at radius 1 is 1.20 bits per heavy atom. The van der Waals surface area contributed by atoms with Gasteiger partial charge < -0.3 is 9.67 Å². The lowest BCUT2D eigenvalue weighted by Crippen LogP contribution is -2.28. The summed E-state index contributed by atoms with van der Waals surface area (Å²) in [7, 11) is 0. The Morgan fingerprint density at radius 3 is 2.63 bits per heavy atom. The number of rotatable bonds is 5. The summed E-state index contributed by atoms with van der Waals surface area (Å²) in [6, 6.07) is 13.2. The molecule has 152 valence electrons. The number of hydrogen-bond acceptors (Lipinski definition) is 4. The third-order valence-electron chi connectivity index (χ3n) is 4.67. The SMILES string of the molecule is CCN1C(=O)/C(=C\c2cn(CC(=O)O)c3ccccc23)SC1=Nc1ccc(F)cc1. The van der Waals surface area contributed by atoms with E-state index in [9.17, 15) is 19.1 Å². The first-order valence-electron chi connectivity index (χ1n) is 9.31. The molecule has 2 aromatic carbocycles. The van der Waals surface area contributed by atoms with Gasteiger partial charge in [0.2, 0.25) is 0 Å². The first-order chi connectivity index (χ1) is 14.5. The van der Waals surface area contributed by atoms with Gasteiger partial charge in [-0.1, -0.05) is 18.2 Å². The van der Waals surface area contributed by atoms with Gasteiger partial charge in [0.05, 0.1) is 10.6 Å². The number of fused-ring (bicyclic) bond motifs is 1. The summed E-state index contributed by atoms with van der Waals surface area (Å²) in [5.74, 6) is -1.45. The third kappa shape index (κ3) is 3.86. The minimum Gasteiger partial charge on any atom is -0.480 e. The van der Waals surface area contributed by atoms with Crippen LogP contribution in [0, 0.1) is 5.82 Å². The quantitative estimate of drug-likeness (QED) is 0.614. The summed E-state index contributed by atoms with van der Waals surface area (Å²) in [6.45, 7) is 2.15. The van der Waals surface area contributed by atoms with E-state index in [-0.39, 0.29) is 18.3 Å². The molecule has 1 N–H and O–H groups in total. The topological polar surface area (TPSA) is 74.9 Å². The Morgan fingerprint density at radius 2 is 1.93 bits per heavy atom. The zero-order valence-corrected chi connectivity index (χ0v) is 16.9. The number of aliphatic imine (C=N–C) groups is 1. The molecule has 0 spiro atoms. The number of para-hydroxylation sites is 1. The van der Waals surface area contributed by atoms with Gasteiger partial charge >= 0.3 is 5.97 Å². The van der Waals surface area contributed by atoms with E-state index in [2.05, 4.69) is 4.99 Å². The van der Waals surface area contributed by atoms with Crippen molar-refractivity contribution < 1.29 is 19.1 Å². The summed E-state index contributed by atoms with van der Waals surface area (Å²) in [6.07, 6.45) is 3.51. The zero-order chi connectivity index (χ0) is 21.3. The molecule has 0 saturated carbocycles. The average Bonchev–Trinajstić information content (AvgIpc) is 3.21. The molecule has 0 bridgehead atoms. The number of amides is 1. The van der Waals surface area contributed by atoms with Crippen LogP contribution in [0.1, 0.15) is 12.5 Å². The molecule has 6 nitrogen and oxygen atoms in total. The van der Waals surface area contributed by atoms with Gasteiger partial charge in [0, 0.05) is 29.2 Å². The number of carboxylic acid groups (broad SMARTS) is 1. The molecule has 3 aromatic rings. The van der Waals surface area contributed by atoms with Crippen LogP contribution in [0.4, 0.5) is 10.1 Å². The molecule has 1 saturated heterocycles. The van der Waals surface area contributed by atoms with Gasteiger partial charge in [0.15, 0.2) is 5.17 Å². The number of halogens is 1. The molecule has 1 fully saturated rings. The van der Waals surface area contributed by atoms with Gasteiger partial charge in [0.25, 0.3) is 5.91 Å². The van der Waals surface area contributed by atoms with Crippen LogP contribution in [-0.4, -0.2) is 38.2 Å². The van der Waals surface area contributed by atoms with Crippen molar-refractivity contribution in [1.82, 2.24) is 9.47 Å². The molecule has 8 heteroatoms. The van der Waals surface area contributed by atoms with E-state index < -0.39 is 5.97 Å². The second-order valence-electron chi connectivity index (χ2n) is 6.65. The van der Waals surface area contributed by atoms with E-state index in [1.807, 2.05) is 31.2 Å². The molecule has 0 atom stereocenters. The fraction of sp³-hybridized carbons (Fsp3) is 0.136. The summed E-state index contributed by atoms with van der Waals surface area (Å²) < 4.78 is 14.8. The Kier molecular flexibility index (Phi) is 5.41. The van der Waals surface area contributed by atoms with E-state index in [0.717, 1.165) is 16.5 Å². The molecule has 1 amide bonds. The van der Waals surface area contributed by atoms with Crippen LogP contribution in [0.5, 0.6) is 0 Å². The second kappa shape index (κ2) is 8.16. The zero-order valence-electron chi connectivity index (χ0n) is 16.1. The number of nitrogens with zero attached hydrogens (tertiary/aromatic N) is 3. The van der Waals surface area contributed by atoms with Crippen molar-refractivity contribution in [1.29, 1.82) is 0 Å². The van der Waals surface area contributed by atoms with E-state index in [0.29, 0.717) is 22.3 Å². The normalized spacial score (nSPS) is 16.9. The van der Waals surface area contributed by atoms with Gasteiger partial charge in [-0.2, -0.15) is 0 Å². The number of hydrogen-bond donors (Lipinski definition) is 1. The minimum atomic E-state index is -0.938. The van der Waals surface area contributed by atoms with E-state index in [1.54, 1.807) is 33.9 Å². The molecule has 2 heterocycles. The van der Waals surface area contributed by atoms with Crippen LogP contribution in [0.2, 0.25) is 0 Å². The molecule has 0 unspecified atom stereocenters. The molecular weight excluding hydrogens is 405 g/mol. The lowest BCUT2D eigenvalue weighted by atomic mass is 10.1. The molecular formula is C22H18FN3O3S. The number of aliphatic carboxylic acids is 1. The summed E-state index contributed by atoms with van der Waals surface area (Å²) in [4.78, 5) is 30.7. The summed E-state index contributed by atoms with van der Waals surface area (Å²) in [5, 5.41) is 10.6. The Balaban J connectivity index is 1.73. The van der Waals surface area contributed by atoms with Crippen molar-refractivity contribution in [2.75, 3.05) is 6.54 Å². The minimum absolute atomic E-state index is 0.164.